The van der Waals surface area contributed by atoms with Crippen LogP contribution in [0.15, 0.2) is 0 Å². The molecule has 2 fully saturated rings. The van der Waals surface area contributed by atoms with Crippen molar-refractivity contribution in [2.45, 2.75) is 64.0 Å². The van der Waals surface area contributed by atoms with Crippen molar-refractivity contribution in [3.63, 3.8) is 0 Å². The van der Waals surface area contributed by atoms with E-state index in [1.165, 1.54) is 37.0 Å². The van der Waals surface area contributed by atoms with Crippen LogP contribution in [0.25, 0.3) is 0 Å². The Kier molecular flexibility index (Phi) is 4.38. The molecule has 1 aliphatic heterocycles. The number of nitrogens with one attached hydrogen (secondary N) is 1. The van der Waals surface area contributed by atoms with Crippen LogP contribution in [0.5, 0.6) is 0 Å². The van der Waals surface area contributed by atoms with E-state index in [-0.39, 0.29) is 17.9 Å². The fraction of sp³-hybridized carbons (Fsp3) is 0.857. The number of likely N-dealkylation sites (tertiary alicyclic amines) is 1. The molecule has 102 valence electrons. The number of imide groups is 1. The summed E-state index contributed by atoms with van der Waals surface area (Å²) in [5, 5.41) is 3.46. The molecular weight excluding hydrogens is 228 g/mol. The van der Waals surface area contributed by atoms with Crippen molar-refractivity contribution in [3.05, 3.63) is 0 Å². The van der Waals surface area contributed by atoms with Crippen LogP contribution in [0.3, 0.4) is 0 Å². The standard InChI is InChI=1S/C14H24N2O2/c1-3-10-4-6-11(7-5-10)15-12-8-9-13(17)16(2)14(12)18/h10-12,15H,3-9H2,1-2H3. The highest BCUT2D eigenvalue weighted by atomic mass is 16.2. The van der Waals surface area contributed by atoms with Gasteiger partial charge in [-0.1, -0.05) is 13.3 Å². The minimum Gasteiger partial charge on any atom is -0.303 e. The molecule has 0 radical (unpaired) electrons. The third-order valence-corrected chi connectivity index (χ3v) is 4.51. The first kappa shape index (κ1) is 13.5. The Morgan fingerprint density at radius 2 is 1.83 bits per heavy atom. The molecule has 2 amide bonds. The molecule has 0 spiro atoms. The lowest BCUT2D eigenvalue weighted by atomic mass is 9.84. The second-order valence-corrected chi connectivity index (χ2v) is 5.67. The lowest BCUT2D eigenvalue weighted by molar-refractivity contribution is -0.148. The molecule has 1 unspecified atom stereocenters. The Hall–Kier alpha value is -0.900. The summed E-state index contributed by atoms with van der Waals surface area (Å²) in [7, 11) is 1.59. The van der Waals surface area contributed by atoms with Crippen LogP contribution in [-0.2, 0) is 9.59 Å². The number of hydrogen-bond donors (Lipinski definition) is 1. The highest BCUT2D eigenvalue weighted by Crippen LogP contribution is 2.27. The molecule has 2 rings (SSSR count). The van der Waals surface area contributed by atoms with Crippen LogP contribution in [0.2, 0.25) is 0 Å². The van der Waals surface area contributed by atoms with E-state index in [1.807, 2.05) is 0 Å². The number of amides is 2. The normalized spacial score (nSPS) is 33.9. The van der Waals surface area contributed by atoms with Gasteiger partial charge >= 0.3 is 0 Å². The fourth-order valence-corrected chi connectivity index (χ4v) is 3.09. The van der Waals surface area contributed by atoms with E-state index in [0.29, 0.717) is 18.9 Å². The van der Waals surface area contributed by atoms with Gasteiger partial charge in [-0.15, -0.1) is 0 Å². The number of hydrogen-bond acceptors (Lipinski definition) is 3. The highest BCUT2D eigenvalue weighted by molar-refractivity contribution is 6.00. The van der Waals surface area contributed by atoms with Crippen LogP contribution in [0.1, 0.15) is 51.9 Å². The zero-order valence-corrected chi connectivity index (χ0v) is 11.4. The molecule has 1 N–H and O–H groups in total. The summed E-state index contributed by atoms with van der Waals surface area (Å²) in [6.07, 6.45) is 7.29. The summed E-state index contributed by atoms with van der Waals surface area (Å²) < 4.78 is 0. The molecular formula is C14H24N2O2. The van der Waals surface area contributed by atoms with E-state index >= 15 is 0 Å². The zero-order chi connectivity index (χ0) is 13.1. The monoisotopic (exact) mass is 252 g/mol. The summed E-state index contributed by atoms with van der Waals surface area (Å²) >= 11 is 0. The topological polar surface area (TPSA) is 49.4 Å². The molecule has 1 aliphatic carbocycles. The van der Waals surface area contributed by atoms with Gasteiger partial charge in [-0.25, -0.2) is 0 Å². The summed E-state index contributed by atoms with van der Waals surface area (Å²) in [5.41, 5.74) is 0. The second kappa shape index (κ2) is 5.83. The average molecular weight is 252 g/mol. The first-order valence-electron chi connectivity index (χ1n) is 7.18. The maximum Gasteiger partial charge on any atom is 0.246 e. The van der Waals surface area contributed by atoms with Gasteiger partial charge in [-0.2, -0.15) is 0 Å². The minimum atomic E-state index is -0.143. The van der Waals surface area contributed by atoms with Gasteiger partial charge in [-0.05, 0) is 38.0 Å². The lowest BCUT2D eigenvalue weighted by Crippen LogP contribution is -2.54. The third kappa shape index (κ3) is 2.91. The van der Waals surface area contributed by atoms with Gasteiger partial charge in [0.25, 0.3) is 0 Å². The maximum atomic E-state index is 12.0. The molecule has 0 bridgehead atoms. The maximum absolute atomic E-state index is 12.0. The number of piperidine rings is 1. The number of likely N-dealkylation sites (N-methyl/N-ethyl adjacent to an activating group) is 1. The Labute approximate surface area is 109 Å². The van der Waals surface area contributed by atoms with Gasteiger partial charge in [0.2, 0.25) is 11.8 Å². The second-order valence-electron chi connectivity index (χ2n) is 5.67. The van der Waals surface area contributed by atoms with E-state index in [2.05, 4.69) is 12.2 Å². The predicted molar refractivity (Wildman–Crippen MR) is 70.0 cm³/mol. The van der Waals surface area contributed by atoms with Gasteiger partial charge in [0.15, 0.2) is 0 Å². The number of nitrogens with zero attached hydrogens (tertiary/aromatic N) is 1. The van der Waals surface area contributed by atoms with Crippen molar-refractivity contribution in [1.82, 2.24) is 10.2 Å². The molecule has 1 saturated heterocycles. The number of carbonyl (C=O) groups is 2. The largest absolute Gasteiger partial charge is 0.303 e. The SMILES string of the molecule is CCC1CCC(NC2CCC(=O)N(C)C2=O)CC1. The summed E-state index contributed by atoms with van der Waals surface area (Å²) in [6, 6.07) is 0.319. The zero-order valence-electron chi connectivity index (χ0n) is 11.4. The summed E-state index contributed by atoms with van der Waals surface area (Å²) in [4.78, 5) is 24.7. The first-order chi connectivity index (χ1) is 8.61. The van der Waals surface area contributed by atoms with Crippen LogP contribution < -0.4 is 5.32 Å². The van der Waals surface area contributed by atoms with Gasteiger partial charge in [0, 0.05) is 19.5 Å². The average Bonchev–Trinajstić information content (AvgIpc) is 2.40. The van der Waals surface area contributed by atoms with Gasteiger partial charge in [-0.3, -0.25) is 14.5 Å². The van der Waals surface area contributed by atoms with Crippen molar-refractivity contribution < 1.29 is 9.59 Å². The third-order valence-electron chi connectivity index (χ3n) is 4.51. The number of rotatable bonds is 3. The lowest BCUT2D eigenvalue weighted by Gasteiger charge is -2.34. The van der Waals surface area contributed by atoms with Gasteiger partial charge in [0.05, 0.1) is 6.04 Å². The van der Waals surface area contributed by atoms with Gasteiger partial charge in [0.1, 0.15) is 0 Å². The minimum absolute atomic E-state index is 0.0484. The number of carbonyl (C=O) groups excluding carboxylic acids is 2. The van der Waals surface area contributed by atoms with E-state index in [1.54, 1.807) is 7.05 Å². The van der Waals surface area contributed by atoms with Crippen molar-refractivity contribution in [2.24, 2.45) is 5.92 Å². The van der Waals surface area contributed by atoms with E-state index in [0.717, 1.165) is 5.92 Å². The molecule has 1 saturated carbocycles. The van der Waals surface area contributed by atoms with Crippen LogP contribution in [0.4, 0.5) is 0 Å². The molecule has 2 aliphatic rings. The summed E-state index contributed by atoms with van der Waals surface area (Å²) in [6.45, 7) is 2.25. The molecule has 4 nitrogen and oxygen atoms in total. The smallest absolute Gasteiger partial charge is 0.246 e. The molecule has 4 heteroatoms. The molecule has 1 atom stereocenters. The van der Waals surface area contributed by atoms with Crippen LogP contribution >= 0.6 is 0 Å². The Morgan fingerprint density at radius 3 is 2.44 bits per heavy atom. The van der Waals surface area contributed by atoms with E-state index in [4.69, 9.17) is 0 Å². The highest BCUT2D eigenvalue weighted by Gasteiger charge is 2.33. The molecule has 0 aromatic rings. The Morgan fingerprint density at radius 1 is 1.17 bits per heavy atom. The Balaban J connectivity index is 1.83. The van der Waals surface area contributed by atoms with E-state index < -0.39 is 0 Å². The van der Waals surface area contributed by atoms with Crippen molar-refractivity contribution in [3.8, 4) is 0 Å². The van der Waals surface area contributed by atoms with E-state index in [9.17, 15) is 9.59 Å². The van der Waals surface area contributed by atoms with Crippen molar-refractivity contribution >= 4 is 11.8 Å². The Bertz CT molecular complexity index is 322. The first-order valence-corrected chi connectivity index (χ1v) is 7.18. The molecule has 18 heavy (non-hydrogen) atoms. The molecule has 0 aromatic heterocycles. The predicted octanol–water partition coefficient (Wildman–Crippen LogP) is 1.69. The molecule has 0 aromatic carbocycles. The quantitative estimate of drug-likeness (QED) is 0.778. The van der Waals surface area contributed by atoms with Crippen molar-refractivity contribution in [1.29, 1.82) is 0 Å². The molecule has 1 heterocycles. The summed E-state index contributed by atoms with van der Waals surface area (Å²) in [5.74, 6) is 0.769. The van der Waals surface area contributed by atoms with Crippen molar-refractivity contribution in [2.75, 3.05) is 7.05 Å². The fourth-order valence-electron chi connectivity index (χ4n) is 3.09. The van der Waals surface area contributed by atoms with Crippen LogP contribution in [-0.4, -0.2) is 35.8 Å². The van der Waals surface area contributed by atoms with Crippen LogP contribution in [0, 0.1) is 5.92 Å². The van der Waals surface area contributed by atoms with Gasteiger partial charge < -0.3 is 5.32 Å².